The van der Waals surface area contributed by atoms with E-state index in [9.17, 15) is 19.2 Å². The Hall–Kier alpha value is -4.84. The minimum absolute atomic E-state index is 0.00430. The highest BCUT2D eigenvalue weighted by molar-refractivity contribution is 6.35. The number of imide groups is 1. The number of nitrogens with zero attached hydrogens (tertiary/aromatic N) is 1. The van der Waals surface area contributed by atoms with Gasteiger partial charge in [0.15, 0.2) is 6.10 Å². The minimum Gasteiger partial charge on any atom is -0.445 e. The van der Waals surface area contributed by atoms with Gasteiger partial charge in [0.2, 0.25) is 5.78 Å². The van der Waals surface area contributed by atoms with Gasteiger partial charge in [-0.05, 0) is 31.2 Å². The fourth-order valence-electron chi connectivity index (χ4n) is 4.19. The van der Waals surface area contributed by atoms with Gasteiger partial charge in [0, 0.05) is 11.1 Å². The number of para-hydroxylation sites is 1. The van der Waals surface area contributed by atoms with E-state index in [2.05, 4.69) is 0 Å². The van der Waals surface area contributed by atoms with Crippen LogP contribution in [0.1, 0.15) is 58.7 Å². The molecule has 0 fully saturated rings. The van der Waals surface area contributed by atoms with E-state index in [4.69, 9.17) is 4.74 Å². The molecule has 4 aromatic rings. The topological polar surface area (TPSA) is 80.8 Å². The number of carbonyl (C=O) groups excluding carboxylic acids is 4. The van der Waals surface area contributed by atoms with E-state index in [1.807, 2.05) is 19.1 Å². The Kier molecular flexibility index (Phi) is 6.00. The molecule has 4 aromatic carbocycles. The molecule has 0 aromatic heterocycles. The Bertz CT molecular complexity index is 1460. The van der Waals surface area contributed by atoms with Gasteiger partial charge < -0.3 is 4.74 Å². The van der Waals surface area contributed by atoms with Gasteiger partial charge in [0.25, 0.3) is 11.8 Å². The number of rotatable bonds is 6. The molecule has 0 spiro atoms. The van der Waals surface area contributed by atoms with Crippen LogP contribution in [0.2, 0.25) is 0 Å². The summed E-state index contributed by atoms with van der Waals surface area (Å²) >= 11 is 0. The first kappa shape index (κ1) is 22.9. The highest BCUT2D eigenvalue weighted by Gasteiger charge is 2.38. The van der Waals surface area contributed by atoms with Crippen LogP contribution in [-0.4, -0.2) is 23.6 Å². The first-order valence-corrected chi connectivity index (χ1v) is 11.4. The molecule has 0 saturated heterocycles. The molecule has 0 radical (unpaired) electrons. The molecule has 1 atom stereocenters. The van der Waals surface area contributed by atoms with Gasteiger partial charge in [0.1, 0.15) is 0 Å². The fraction of sp³-hybridized carbons (Fsp3) is 0.0667. The summed E-state index contributed by atoms with van der Waals surface area (Å²) in [5, 5.41) is 0. The summed E-state index contributed by atoms with van der Waals surface area (Å²) in [4.78, 5) is 53.9. The van der Waals surface area contributed by atoms with E-state index in [1.165, 1.54) is 12.1 Å². The lowest BCUT2D eigenvalue weighted by atomic mass is 9.99. The fourth-order valence-corrected chi connectivity index (χ4v) is 4.19. The smallest absolute Gasteiger partial charge is 0.341 e. The normalized spacial score (nSPS) is 13.3. The van der Waals surface area contributed by atoms with Gasteiger partial charge in [0.05, 0.1) is 22.4 Å². The first-order valence-electron chi connectivity index (χ1n) is 11.4. The third-order valence-corrected chi connectivity index (χ3v) is 6.06. The highest BCUT2D eigenvalue weighted by Crippen LogP contribution is 2.32. The summed E-state index contributed by atoms with van der Waals surface area (Å²) in [5.41, 5.74) is 2.54. The van der Waals surface area contributed by atoms with Gasteiger partial charge in [-0.3, -0.25) is 14.4 Å². The number of aryl methyl sites for hydroxylation is 1. The van der Waals surface area contributed by atoms with Crippen molar-refractivity contribution >= 4 is 29.3 Å². The van der Waals surface area contributed by atoms with Crippen LogP contribution in [0.5, 0.6) is 0 Å². The summed E-state index contributed by atoms with van der Waals surface area (Å²) in [7, 11) is 0. The quantitative estimate of drug-likeness (QED) is 0.207. The van der Waals surface area contributed by atoms with Gasteiger partial charge in [-0.25, -0.2) is 9.69 Å². The largest absolute Gasteiger partial charge is 0.445 e. The molecule has 176 valence electrons. The third kappa shape index (κ3) is 4.09. The van der Waals surface area contributed by atoms with Gasteiger partial charge in [-0.1, -0.05) is 84.4 Å². The van der Waals surface area contributed by atoms with Crippen molar-refractivity contribution in [2.24, 2.45) is 0 Å². The number of fused-ring (bicyclic) bond motifs is 1. The van der Waals surface area contributed by atoms with E-state index in [-0.39, 0.29) is 28.2 Å². The van der Waals surface area contributed by atoms with E-state index < -0.39 is 23.9 Å². The summed E-state index contributed by atoms with van der Waals surface area (Å²) in [6.07, 6.45) is -1.21. The molecule has 1 aliphatic heterocycles. The SMILES string of the molecule is Cc1ccc(C(=O)[C@@H](OC(=O)c2ccccc2N2C(=O)c3ccccc3C2=O)c2ccccc2)cc1. The van der Waals surface area contributed by atoms with Crippen LogP contribution in [0.15, 0.2) is 103 Å². The molecule has 0 bridgehead atoms. The van der Waals surface area contributed by atoms with Crippen molar-refractivity contribution in [2.45, 2.75) is 13.0 Å². The molecule has 5 rings (SSSR count). The Morgan fingerprint density at radius 1 is 0.694 bits per heavy atom. The molecule has 6 nitrogen and oxygen atoms in total. The number of carbonyl (C=O) groups is 4. The highest BCUT2D eigenvalue weighted by atomic mass is 16.5. The maximum atomic E-state index is 13.5. The van der Waals surface area contributed by atoms with Crippen molar-refractivity contribution in [2.75, 3.05) is 4.90 Å². The van der Waals surface area contributed by atoms with Crippen molar-refractivity contribution < 1.29 is 23.9 Å². The van der Waals surface area contributed by atoms with E-state index in [1.54, 1.807) is 78.9 Å². The molecule has 36 heavy (non-hydrogen) atoms. The number of ether oxygens (including phenoxy) is 1. The zero-order valence-electron chi connectivity index (χ0n) is 19.4. The number of hydrogen-bond acceptors (Lipinski definition) is 5. The Balaban J connectivity index is 1.50. The van der Waals surface area contributed by atoms with Crippen LogP contribution >= 0.6 is 0 Å². The van der Waals surface area contributed by atoms with Crippen LogP contribution in [0.25, 0.3) is 0 Å². The molecule has 6 heteroatoms. The number of amides is 2. The second-order valence-electron chi connectivity index (χ2n) is 8.43. The molecule has 0 aliphatic carbocycles. The van der Waals surface area contributed by atoms with Gasteiger partial charge >= 0.3 is 5.97 Å². The van der Waals surface area contributed by atoms with Crippen LogP contribution in [-0.2, 0) is 4.74 Å². The van der Waals surface area contributed by atoms with E-state index in [0.717, 1.165) is 10.5 Å². The predicted molar refractivity (Wildman–Crippen MR) is 134 cm³/mol. The maximum absolute atomic E-state index is 13.5. The lowest BCUT2D eigenvalue weighted by Gasteiger charge is -2.21. The summed E-state index contributed by atoms with van der Waals surface area (Å²) in [6.45, 7) is 1.92. The van der Waals surface area contributed by atoms with Crippen LogP contribution in [0.4, 0.5) is 5.69 Å². The minimum atomic E-state index is -1.21. The first-order chi connectivity index (χ1) is 17.5. The Morgan fingerprint density at radius 2 is 1.25 bits per heavy atom. The van der Waals surface area contributed by atoms with E-state index in [0.29, 0.717) is 11.1 Å². The lowest BCUT2D eigenvalue weighted by Crippen LogP contribution is -2.31. The number of hydrogen-bond donors (Lipinski definition) is 0. The molecule has 1 heterocycles. The van der Waals surface area contributed by atoms with Gasteiger partial charge in [-0.15, -0.1) is 0 Å². The second kappa shape index (κ2) is 9.43. The van der Waals surface area contributed by atoms with Crippen molar-refractivity contribution in [1.29, 1.82) is 0 Å². The standard InChI is InChI=1S/C30H21NO5/c1-19-15-17-20(18-16-19)26(32)27(21-9-3-2-4-10-21)36-30(35)24-13-7-8-14-25(24)31-28(33)22-11-5-6-12-23(22)29(31)34/h2-18,27H,1H3/t27-/m0/s1. The number of anilines is 1. The van der Waals surface area contributed by atoms with E-state index >= 15 is 0 Å². The second-order valence-corrected chi connectivity index (χ2v) is 8.43. The molecule has 1 aliphatic rings. The lowest BCUT2D eigenvalue weighted by molar-refractivity contribution is 0.0281. The monoisotopic (exact) mass is 475 g/mol. The molecule has 0 N–H and O–H groups in total. The van der Waals surface area contributed by atoms with Gasteiger partial charge in [-0.2, -0.15) is 0 Å². The molecule has 0 unspecified atom stereocenters. The zero-order valence-corrected chi connectivity index (χ0v) is 19.4. The Morgan fingerprint density at radius 3 is 1.89 bits per heavy atom. The maximum Gasteiger partial charge on any atom is 0.341 e. The molecular weight excluding hydrogens is 454 g/mol. The summed E-state index contributed by atoms with van der Waals surface area (Å²) < 4.78 is 5.78. The van der Waals surface area contributed by atoms with Crippen molar-refractivity contribution in [1.82, 2.24) is 0 Å². The molecular formula is C30H21NO5. The number of esters is 1. The average Bonchev–Trinajstić information content (AvgIpc) is 3.17. The zero-order chi connectivity index (χ0) is 25.2. The van der Waals surface area contributed by atoms with Crippen molar-refractivity contribution in [3.8, 4) is 0 Å². The van der Waals surface area contributed by atoms with Crippen molar-refractivity contribution in [3.63, 3.8) is 0 Å². The summed E-state index contributed by atoms with van der Waals surface area (Å²) in [6, 6.07) is 28.4. The number of benzene rings is 4. The number of Topliss-reactive ketones (excluding diaryl/α,β-unsaturated/α-hetero) is 1. The van der Waals surface area contributed by atoms with Crippen molar-refractivity contribution in [3.05, 3.63) is 137 Å². The summed E-state index contributed by atoms with van der Waals surface area (Å²) in [5.74, 6) is -2.25. The molecule has 2 amide bonds. The van der Waals surface area contributed by atoms with Crippen LogP contribution < -0.4 is 4.90 Å². The molecule has 0 saturated carbocycles. The number of ketones is 1. The van der Waals surface area contributed by atoms with Crippen LogP contribution in [0.3, 0.4) is 0 Å². The predicted octanol–water partition coefficient (Wildman–Crippen LogP) is 5.58. The Labute approximate surface area is 207 Å². The van der Waals surface area contributed by atoms with Crippen LogP contribution in [0, 0.1) is 6.92 Å². The average molecular weight is 476 g/mol. The third-order valence-electron chi connectivity index (χ3n) is 6.06.